The van der Waals surface area contributed by atoms with E-state index in [0.29, 0.717) is 0 Å². The number of nitrogens with zero attached hydrogens (tertiary/aromatic N) is 2. The number of amides is 2. The second kappa shape index (κ2) is 6.79. The minimum atomic E-state index is -0.0502. The smallest absolute Gasteiger partial charge is 0.321 e. The predicted molar refractivity (Wildman–Crippen MR) is 104 cm³/mol. The molecule has 26 heavy (non-hydrogen) atoms. The molecule has 1 aliphatic heterocycles. The van der Waals surface area contributed by atoms with E-state index < -0.39 is 0 Å². The highest BCUT2D eigenvalue weighted by atomic mass is 32.1. The van der Waals surface area contributed by atoms with E-state index >= 15 is 0 Å². The Balaban J connectivity index is 1.17. The molecule has 2 amide bonds. The molecule has 0 atom stereocenters. The summed E-state index contributed by atoms with van der Waals surface area (Å²) >= 11 is 1.55. The minimum Gasteiger partial charge on any atom is -0.332 e. The van der Waals surface area contributed by atoms with Crippen LogP contribution >= 0.6 is 11.3 Å². The van der Waals surface area contributed by atoms with Gasteiger partial charge in [0.25, 0.3) is 0 Å². The first kappa shape index (κ1) is 17.0. The van der Waals surface area contributed by atoms with Crippen molar-refractivity contribution in [3.8, 4) is 0 Å². The van der Waals surface area contributed by atoms with Crippen molar-refractivity contribution in [1.29, 1.82) is 0 Å². The first-order chi connectivity index (χ1) is 12.7. The fourth-order valence-electron chi connectivity index (χ4n) is 6.42. The number of urea groups is 1. The summed E-state index contributed by atoms with van der Waals surface area (Å²) in [6.07, 6.45) is 11.7. The molecule has 0 aromatic carbocycles. The normalized spacial score (nSPS) is 36.2. The monoisotopic (exact) mass is 374 g/mol. The van der Waals surface area contributed by atoms with Crippen LogP contribution in [0.5, 0.6) is 0 Å². The van der Waals surface area contributed by atoms with Crippen LogP contribution in [0.1, 0.15) is 63.5 Å². The molecule has 1 aromatic rings. The van der Waals surface area contributed by atoms with E-state index in [0.717, 1.165) is 35.1 Å². The molecule has 4 bridgehead atoms. The summed E-state index contributed by atoms with van der Waals surface area (Å²) < 4.78 is 0. The molecule has 5 aliphatic rings. The van der Waals surface area contributed by atoms with Gasteiger partial charge in [-0.3, -0.25) is 10.2 Å². The van der Waals surface area contributed by atoms with Gasteiger partial charge in [-0.15, -0.1) is 11.3 Å². The first-order valence-corrected chi connectivity index (χ1v) is 11.3. The Bertz CT molecular complexity index is 631. The zero-order valence-electron chi connectivity index (χ0n) is 15.5. The molecule has 4 saturated carbocycles. The van der Waals surface area contributed by atoms with Gasteiger partial charge in [0.15, 0.2) is 5.13 Å². The minimum absolute atomic E-state index is 0.0502. The van der Waals surface area contributed by atoms with Gasteiger partial charge < -0.3 is 5.32 Å². The number of likely N-dealkylation sites (tertiary alicyclic amines) is 1. The van der Waals surface area contributed by atoms with Gasteiger partial charge in [0, 0.05) is 17.5 Å². The number of anilines is 1. The van der Waals surface area contributed by atoms with Gasteiger partial charge in [-0.25, -0.2) is 9.78 Å². The Hall–Kier alpha value is -1.14. The Morgan fingerprint density at radius 2 is 1.77 bits per heavy atom. The van der Waals surface area contributed by atoms with Crippen molar-refractivity contribution >= 4 is 22.5 Å². The molecule has 0 unspecified atom stereocenters. The number of thiazole rings is 1. The van der Waals surface area contributed by atoms with E-state index in [2.05, 4.69) is 25.9 Å². The Kier molecular flexibility index (Phi) is 4.44. The molecular formula is C20H30N4OS. The molecule has 142 valence electrons. The molecule has 2 heterocycles. The Morgan fingerprint density at radius 3 is 2.42 bits per heavy atom. The van der Waals surface area contributed by atoms with Crippen molar-refractivity contribution in [1.82, 2.24) is 15.2 Å². The van der Waals surface area contributed by atoms with E-state index in [1.807, 2.05) is 0 Å². The van der Waals surface area contributed by atoms with Crippen LogP contribution in [-0.2, 0) is 6.54 Å². The van der Waals surface area contributed by atoms with Crippen molar-refractivity contribution < 1.29 is 4.79 Å². The lowest BCUT2D eigenvalue weighted by Crippen LogP contribution is -2.60. The maximum absolute atomic E-state index is 12.6. The Morgan fingerprint density at radius 1 is 1.12 bits per heavy atom. The van der Waals surface area contributed by atoms with E-state index in [4.69, 9.17) is 0 Å². The third-order valence-electron chi connectivity index (χ3n) is 7.02. The van der Waals surface area contributed by atoms with Crippen LogP contribution in [-0.4, -0.2) is 34.5 Å². The molecular weight excluding hydrogens is 344 g/mol. The van der Waals surface area contributed by atoms with Crippen molar-refractivity contribution in [3.63, 3.8) is 0 Å². The van der Waals surface area contributed by atoms with Crippen LogP contribution in [0.4, 0.5) is 9.93 Å². The molecule has 1 saturated heterocycles. The third kappa shape index (κ3) is 3.50. The van der Waals surface area contributed by atoms with Crippen LogP contribution in [0.25, 0.3) is 0 Å². The summed E-state index contributed by atoms with van der Waals surface area (Å²) in [7, 11) is 0. The van der Waals surface area contributed by atoms with Gasteiger partial charge in [0.05, 0.1) is 5.69 Å². The number of carbonyl (C=O) groups excluding carboxylic acids is 1. The molecule has 0 radical (unpaired) electrons. The van der Waals surface area contributed by atoms with Gasteiger partial charge in [-0.1, -0.05) is 6.42 Å². The molecule has 4 aliphatic carbocycles. The van der Waals surface area contributed by atoms with E-state index in [9.17, 15) is 4.79 Å². The predicted octanol–water partition coefficient (Wildman–Crippen LogP) is 4.22. The van der Waals surface area contributed by atoms with Crippen molar-refractivity contribution in [3.05, 3.63) is 11.1 Å². The lowest BCUT2D eigenvalue weighted by Gasteiger charge is -2.56. The van der Waals surface area contributed by atoms with Gasteiger partial charge in [0.2, 0.25) is 0 Å². The van der Waals surface area contributed by atoms with Crippen LogP contribution in [0.2, 0.25) is 0 Å². The summed E-state index contributed by atoms with van der Waals surface area (Å²) in [5.74, 6) is 2.53. The van der Waals surface area contributed by atoms with Crippen LogP contribution < -0.4 is 10.6 Å². The zero-order chi connectivity index (χ0) is 17.6. The summed E-state index contributed by atoms with van der Waals surface area (Å²) in [6.45, 7) is 3.26. The molecule has 6 rings (SSSR count). The maximum atomic E-state index is 12.6. The highest BCUT2D eigenvalue weighted by Crippen LogP contribution is 2.55. The number of aromatic nitrogens is 1. The maximum Gasteiger partial charge on any atom is 0.321 e. The van der Waals surface area contributed by atoms with Gasteiger partial charge in [-0.05, 0) is 82.2 Å². The van der Waals surface area contributed by atoms with Gasteiger partial charge in [-0.2, -0.15) is 0 Å². The first-order valence-electron chi connectivity index (χ1n) is 10.4. The second-order valence-corrected chi connectivity index (χ2v) is 10.1. The number of piperidine rings is 1. The highest BCUT2D eigenvalue weighted by Gasteiger charge is 2.51. The highest BCUT2D eigenvalue weighted by molar-refractivity contribution is 7.13. The summed E-state index contributed by atoms with van der Waals surface area (Å²) in [5.41, 5.74) is 1.15. The SMILES string of the molecule is O=C(Nc1nc(CN2CCCCC2)cs1)NC12CC3CC(CC(C3)C1)C2. The summed E-state index contributed by atoms with van der Waals surface area (Å²) in [5, 5.41) is 9.21. The van der Waals surface area contributed by atoms with E-state index in [1.54, 1.807) is 11.3 Å². The Labute approximate surface area is 159 Å². The standard InChI is InChI=1S/C20H30N4OS/c25-18(23-20-9-14-6-15(10-20)8-16(7-14)11-20)22-19-21-17(13-26-19)12-24-4-2-1-3-5-24/h13-16H,1-12H2,(H2,21,22,23,25). The third-order valence-corrected chi connectivity index (χ3v) is 7.83. The van der Waals surface area contributed by atoms with Crippen LogP contribution in [0.3, 0.4) is 0 Å². The quantitative estimate of drug-likeness (QED) is 0.830. The van der Waals surface area contributed by atoms with E-state index in [-0.39, 0.29) is 11.6 Å². The van der Waals surface area contributed by atoms with Gasteiger partial charge >= 0.3 is 6.03 Å². The molecule has 6 heteroatoms. The van der Waals surface area contributed by atoms with Crippen molar-refractivity contribution in [2.45, 2.75) is 69.9 Å². The fraction of sp³-hybridized carbons (Fsp3) is 0.800. The fourth-order valence-corrected chi connectivity index (χ4v) is 7.11. The topological polar surface area (TPSA) is 57.3 Å². The number of carbonyl (C=O) groups is 1. The lowest BCUT2D eigenvalue weighted by molar-refractivity contribution is -0.0127. The van der Waals surface area contributed by atoms with Gasteiger partial charge in [0.1, 0.15) is 0 Å². The molecule has 0 spiro atoms. The largest absolute Gasteiger partial charge is 0.332 e. The molecule has 2 N–H and O–H groups in total. The number of nitrogens with one attached hydrogen (secondary N) is 2. The molecule has 1 aromatic heterocycles. The average molecular weight is 375 g/mol. The number of rotatable bonds is 4. The second-order valence-electron chi connectivity index (χ2n) is 9.26. The molecule has 5 nitrogen and oxygen atoms in total. The van der Waals surface area contributed by atoms with Crippen LogP contribution in [0.15, 0.2) is 5.38 Å². The lowest BCUT2D eigenvalue weighted by atomic mass is 9.53. The molecule has 5 fully saturated rings. The van der Waals surface area contributed by atoms with Crippen LogP contribution in [0, 0.1) is 17.8 Å². The number of hydrogen-bond acceptors (Lipinski definition) is 4. The van der Waals surface area contributed by atoms with Crippen molar-refractivity contribution in [2.24, 2.45) is 17.8 Å². The van der Waals surface area contributed by atoms with E-state index in [1.165, 1.54) is 70.9 Å². The van der Waals surface area contributed by atoms with Crippen molar-refractivity contribution in [2.75, 3.05) is 18.4 Å². The number of hydrogen-bond donors (Lipinski definition) is 2. The average Bonchev–Trinajstić information content (AvgIpc) is 3.00. The summed E-state index contributed by atoms with van der Waals surface area (Å²) in [4.78, 5) is 19.7. The zero-order valence-corrected chi connectivity index (χ0v) is 16.3. The summed E-state index contributed by atoms with van der Waals surface area (Å²) in [6, 6.07) is -0.0502.